The first-order valence-corrected chi connectivity index (χ1v) is 15.3. The van der Waals surface area contributed by atoms with Crippen molar-refractivity contribution in [3.05, 3.63) is 52.2 Å². The number of nitrogens with zero attached hydrogens (tertiary/aromatic N) is 2. The molecule has 0 unspecified atom stereocenters. The second-order valence-electron chi connectivity index (χ2n) is 12.6. The Hall–Kier alpha value is -2.27. The van der Waals surface area contributed by atoms with Gasteiger partial charge in [0.1, 0.15) is 6.10 Å². The molecule has 1 aromatic carbocycles. The average Bonchev–Trinajstić information content (AvgIpc) is 3.58. The number of H-pyrrole nitrogens is 1. The molecule has 0 bridgehead atoms. The van der Waals surface area contributed by atoms with Crippen molar-refractivity contribution >= 4 is 6.08 Å². The number of aromatic amines is 1. The highest BCUT2D eigenvalue weighted by Crippen LogP contribution is 2.37. The SMILES string of the molecule is Cc1cc(/C=C/CCN2CCC3(CCNC3)CC2)ccc1Cc1c(O[C@@H]2O[C@H](CO)C[C@H](O)[C@H]2O)n[nH]c1C(C)C. The van der Waals surface area contributed by atoms with Gasteiger partial charge >= 0.3 is 0 Å². The van der Waals surface area contributed by atoms with E-state index in [0.717, 1.165) is 29.8 Å². The molecule has 0 saturated carbocycles. The predicted octanol–water partition coefficient (Wildman–Crippen LogP) is 3.12. The predicted molar refractivity (Wildman–Crippen MR) is 159 cm³/mol. The van der Waals surface area contributed by atoms with Crippen LogP contribution < -0.4 is 10.1 Å². The fraction of sp³-hybridized carbons (Fsp3) is 0.656. The zero-order valence-corrected chi connectivity index (χ0v) is 24.8. The lowest BCUT2D eigenvalue weighted by atomic mass is 9.78. The Labute approximate surface area is 243 Å². The first kappa shape index (κ1) is 30.2. The van der Waals surface area contributed by atoms with E-state index in [1.807, 2.05) is 0 Å². The molecule has 0 radical (unpaired) electrons. The highest BCUT2D eigenvalue weighted by Gasteiger charge is 2.39. The van der Waals surface area contributed by atoms with Crippen molar-refractivity contribution in [2.45, 2.75) is 89.8 Å². The summed E-state index contributed by atoms with van der Waals surface area (Å²) in [4.78, 5) is 2.61. The van der Waals surface area contributed by atoms with Gasteiger partial charge in [-0.25, -0.2) is 0 Å². The van der Waals surface area contributed by atoms with Crippen molar-refractivity contribution in [3.8, 4) is 5.88 Å². The summed E-state index contributed by atoms with van der Waals surface area (Å²) in [5.41, 5.74) is 5.97. The van der Waals surface area contributed by atoms with Crippen LogP contribution in [0.5, 0.6) is 5.88 Å². The minimum Gasteiger partial charge on any atom is -0.443 e. The number of benzene rings is 1. The van der Waals surface area contributed by atoms with E-state index in [0.29, 0.717) is 17.7 Å². The normalized spacial score (nSPS) is 26.9. The van der Waals surface area contributed by atoms with Gasteiger partial charge in [0, 0.05) is 37.2 Å². The second-order valence-corrected chi connectivity index (χ2v) is 12.6. The molecule has 0 amide bonds. The Balaban J connectivity index is 1.19. The molecule has 4 heterocycles. The van der Waals surface area contributed by atoms with Gasteiger partial charge in [0.25, 0.3) is 0 Å². The molecule has 9 heteroatoms. The van der Waals surface area contributed by atoms with Crippen molar-refractivity contribution < 1.29 is 24.8 Å². The number of aryl methyl sites for hydroxylation is 1. The summed E-state index contributed by atoms with van der Waals surface area (Å²) in [6.45, 7) is 12.0. The molecule has 5 rings (SSSR count). The Morgan fingerprint density at radius 1 is 1.22 bits per heavy atom. The van der Waals surface area contributed by atoms with Gasteiger partial charge in [-0.05, 0) is 80.3 Å². The standard InChI is InChI=1S/C32H48N4O5/c1-21(2)28-26(30(35-34-28)41-31-29(39)27(38)18-25(19-37)40-31)17-24-8-7-23(16-22(24)3)6-4-5-13-36-14-10-32(11-15-36)9-12-33-20-32/h4,6-8,16,21,25,27,29,31,33,37-39H,5,9-15,17-20H2,1-3H3,(H,34,35)/b6-4+/t25-,27-,29+,31-/m0/s1. The number of ether oxygens (including phenoxy) is 2. The molecule has 3 aliphatic rings. The first-order chi connectivity index (χ1) is 19.8. The Kier molecular flexibility index (Phi) is 9.84. The summed E-state index contributed by atoms with van der Waals surface area (Å²) in [6.07, 6.45) is 6.34. The van der Waals surface area contributed by atoms with Crippen LogP contribution in [0.4, 0.5) is 0 Å². The van der Waals surface area contributed by atoms with E-state index in [1.54, 1.807) is 0 Å². The van der Waals surface area contributed by atoms with Gasteiger partial charge in [-0.2, -0.15) is 0 Å². The van der Waals surface area contributed by atoms with Gasteiger partial charge in [0.15, 0.2) is 0 Å². The molecule has 226 valence electrons. The summed E-state index contributed by atoms with van der Waals surface area (Å²) < 4.78 is 11.7. The average molecular weight is 569 g/mol. The highest BCUT2D eigenvalue weighted by atomic mass is 16.7. The molecule has 3 saturated heterocycles. The zero-order valence-electron chi connectivity index (χ0n) is 24.8. The van der Waals surface area contributed by atoms with Crippen LogP contribution in [0.1, 0.15) is 79.8 Å². The summed E-state index contributed by atoms with van der Waals surface area (Å²) in [5.74, 6) is 0.533. The van der Waals surface area contributed by atoms with Crippen molar-refractivity contribution in [3.63, 3.8) is 0 Å². The van der Waals surface area contributed by atoms with Crippen molar-refractivity contribution in [2.75, 3.05) is 39.3 Å². The van der Waals surface area contributed by atoms with Gasteiger partial charge < -0.3 is 35.0 Å². The maximum absolute atomic E-state index is 10.5. The molecular formula is C32H48N4O5. The van der Waals surface area contributed by atoms with Gasteiger partial charge in [-0.3, -0.25) is 5.10 Å². The van der Waals surface area contributed by atoms with E-state index in [-0.39, 0.29) is 18.9 Å². The van der Waals surface area contributed by atoms with Crippen LogP contribution in [0.3, 0.4) is 0 Å². The molecule has 3 fully saturated rings. The molecule has 2 aromatic rings. The van der Waals surface area contributed by atoms with Crippen molar-refractivity contribution in [1.82, 2.24) is 20.4 Å². The molecule has 3 aliphatic heterocycles. The zero-order chi connectivity index (χ0) is 29.0. The summed E-state index contributed by atoms with van der Waals surface area (Å²) >= 11 is 0. The third-order valence-electron chi connectivity index (χ3n) is 9.28. The summed E-state index contributed by atoms with van der Waals surface area (Å²) in [7, 11) is 0. The van der Waals surface area contributed by atoms with Gasteiger partial charge in [0.2, 0.25) is 12.2 Å². The van der Waals surface area contributed by atoms with E-state index < -0.39 is 24.6 Å². The minimum atomic E-state index is -1.23. The Bertz CT molecular complexity index is 1160. The summed E-state index contributed by atoms with van der Waals surface area (Å²) in [5, 5.41) is 41.2. The Morgan fingerprint density at radius 3 is 2.71 bits per heavy atom. The third-order valence-corrected chi connectivity index (χ3v) is 9.28. The van der Waals surface area contributed by atoms with Crippen LogP contribution >= 0.6 is 0 Å². The monoisotopic (exact) mass is 568 g/mol. The summed E-state index contributed by atoms with van der Waals surface area (Å²) in [6, 6.07) is 6.53. The fourth-order valence-corrected chi connectivity index (χ4v) is 6.51. The molecular weight excluding hydrogens is 520 g/mol. The first-order valence-electron chi connectivity index (χ1n) is 15.3. The largest absolute Gasteiger partial charge is 0.443 e. The maximum atomic E-state index is 10.5. The number of hydrogen-bond acceptors (Lipinski definition) is 8. The van der Waals surface area contributed by atoms with Gasteiger partial charge in [0.05, 0.1) is 18.8 Å². The second kappa shape index (κ2) is 13.4. The lowest BCUT2D eigenvalue weighted by Gasteiger charge is -2.38. The van der Waals surface area contributed by atoms with E-state index in [9.17, 15) is 15.3 Å². The quantitative estimate of drug-likeness (QED) is 0.296. The lowest BCUT2D eigenvalue weighted by Crippen LogP contribution is -2.51. The number of piperidine rings is 1. The topological polar surface area (TPSA) is 123 Å². The highest BCUT2D eigenvalue weighted by molar-refractivity contribution is 5.52. The number of nitrogens with one attached hydrogen (secondary N) is 2. The number of likely N-dealkylation sites (tertiary alicyclic amines) is 1. The number of rotatable bonds is 10. The van der Waals surface area contributed by atoms with Crippen LogP contribution in [0.25, 0.3) is 6.08 Å². The number of aromatic nitrogens is 2. The molecule has 0 aliphatic carbocycles. The van der Waals surface area contributed by atoms with Gasteiger partial charge in [-0.15, -0.1) is 5.10 Å². The maximum Gasteiger partial charge on any atom is 0.238 e. The number of aliphatic hydroxyl groups is 3. The molecule has 1 spiro atoms. The van der Waals surface area contributed by atoms with E-state index in [1.165, 1.54) is 56.6 Å². The van der Waals surface area contributed by atoms with E-state index >= 15 is 0 Å². The molecule has 5 N–H and O–H groups in total. The van der Waals surface area contributed by atoms with Crippen LogP contribution in [-0.2, 0) is 11.2 Å². The minimum absolute atomic E-state index is 0.152. The van der Waals surface area contributed by atoms with Gasteiger partial charge in [-0.1, -0.05) is 44.2 Å². The van der Waals surface area contributed by atoms with Crippen LogP contribution in [0, 0.1) is 12.3 Å². The van der Waals surface area contributed by atoms with Crippen molar-refractivity contribution in [2.24, 2.45) is 5.41 Å². The molecule has 9 nitrogen and oxygen atoms in total. The molecule has 41 heavy (non-hydrogen) atoms. The van der Waals surface area contributed by atoms with E-state index in [2.05, 4.69) is 71.5 Å². The lowest BCUT2D eigenvalue weighted by molar-refractivity contribution is -0.241. The van der Waals surface area contributed by atoms with Crippen molar-refractivity contribution in [1.29, 1.82) is 0 Å². The van der Waals surface area contributed by atoms with Crippen LogP contribution in [0.2, 0.25) is 0 Å². The molecule has 4 atom stereocenters. The Morgan fingerprint density at radius 2 is 2.02 bits per heavy atom. The van der Waals surface area contributed by atoms with Crippen LogP contribution in [0.15, 0.2) is 24.3 Å². The third kappa shape index (κ3) is 7.21. The van der Waals surface area contributed by atoms with Crippen LogP contribution in [-0.4, -0.2) is 94.3 Å². The fourth-order valence-electron chi connectivity index (χ4n) is 6.51. The number of aliphatic hydroxyl groups excluding tert-OH is 3. The molecule has 1 aromatic heterocycles. The number of hydrogen-bond donors (Lipinski definition) is 5. The smallest absolute Gasteiger partial charge is 0.238 e. The van der Waals surface area contributed by atoms with E-state index in [4.69, 9.17) is 9.47 Å².